The largest absolute Gasteiger partial charge is 0.432 e. The van der Waals surface area contributed by atoms with Crippen LogP contribution in [-0.4, -0.2) is 40.6 Å². The van der Waals surface area contributed by atoms with Gasteiger partial charge in [0.1, 0.15) is 11.9 Å². The van der Waals surface area contributed by atoms with E-state index in [1.54, 1.807) is 32.9 Å². The molecule has 7 heteroatoms. The number of ether oxygens (including phenoxy) is 1. The van der Waals surface area contributed by atoms with Crippen LogP contribution in [0.5, 0.6) is 0 Å². The number of hydrogen-bond acceptors (Lipinski definition) is 7. The monoisotopic (exact) mass is 434 g/mol. The first-order valence-corrected chi connectivity index (χ1v) is 10.3. The number of Topliss-reactive ketones (excluding diaryl/α,β-unsaturated/α-hetero) is 2. The van der Waals surface area contributed by atoms with Gasteiger partial charge < -0.3 is 14.6 Å². The van der Waals surface area contributed by atoms with Gasteiger partial charge in [0.2, 0.25) is 0 Å². The van der Waals surface area contributed by atoms with E-state index in [1.165, 1.54) is 19.3 Å². The van der Waals surface area contributed by atoms with Crippen molar-refractivity contribution < 1.29 is 34.4 Å². The van der Waals surface area contributed by atoms with E-state index < -0.39 is 35.9 Å². The average Bonchev–Trinajstić information content (AvgIpc) is 2.75. The molecule has 1 unspecified atom stereocenters. The molecule has 0 amide bonds. The second kappa shape index (κ2) is 11.9. The Hall–Kier alpha value is -2.35. The van der Waals surface area contributed by atoms with E-state index in [2.05, 4.69) is 11.5 Å². The molecule has 1 aliphatic rings. The molecular weight excluding hydrogens is 400 g/mol. The summed E-state index contributed by atoms with van der Waals surface area (Å²) in [5.74, 6) is -2.32. The topological polar surface area (TPSA) is 110 Å². The second-order valence-corrected chi connectivity index (χ2v) is 8.78. The molecule has 1 aliphatic carbocycles. The minimum atomic E-state index is -0.758. The lowest BCUT2D eigenvalue weighted by molar-refractivity contribution is -0.275. The molecule has 1 rings (SSSR count). The lowest BCUT2D eigenvalue weighted by Gasteiger charge is -2.39. The van der Waals surface area contributed by atoms with Gasteiger partial charge in [0.25, 0.3) is 0 Å². The fourth-order valence-electron chi connectivity index (χ4n) is 3.92. The zero-order chi connectivity index (χ0) is 23.8. The molecule has 31 heavy (non-hydrogen) atoms. The van der Waals surface area contributed by atoms with E-state index in [0.717, 1.165) is 5.57 Å². The van der Waals surface area contributed by atoms with Crippen LogP contribution in [0.1, 0.15) is 53.9 Å². The summed E-state index contributed by atoms with van der Waals surface area (Å²) in [6, 6.07) is 0. The number of esters is 1. The van der Waals surface area contributed by atoms with Gasteiger partial charge in [-0.05, 0) is 63.5 Å². The first-order valence-electron chi connectivity index (χ1n) is 10.3. The lowest BCUT2D eigenvalue weighted by atomic mass is 9.64. The Morgan fingerprint density at radius 2 is 1.97 bits per heavy atom. The highest BCUT2D eigenvalue weighted by atomic mass is 17.1. The maximum Gasteiger partial charge on any atom is 0.335 e. The molecule has 0 aromatic carbocycles. The molecule has 4 atom stereocenters. The van der Waals surface area contributed by atoms with Crippen molar-refractivity contribution in [2.45, 2.75) is 60.0 Å². The number of aliphatic hydroxyl groups is 1. The molecule has 0 spiro atoms. The number of hydrogen-bond donors (Lipinski definition) is 2. The van der Waals surface area contributed by atoms with Crippen LogP contribution in [0.3, 0.4) is 0 Å². The van der Waals surface area contributed by atoms with Gasteiger partial charge in [-0.3, -0.25) is 10.1 Å². The lowest BCUT2D eigenvalue weighted by Crippen LogP contribution is -2.38. The van der Waals surface area contributed by atoms with E-state index in [-0.39, 0.29) is 23.6 Å². The summed E-state index contributed by atoms with van der Waals surface area (Å²) in [5, 5.41) is 19.1. The van der Waals surface area contributed by atoms with Crippen molar-refractivity contribution in [3.8, 4) is 0 Å². The fraction of sp³-hybridized carbons (Fsp3) is 0.542. The Morgan fingerprint density at radius 1 is 1.32 bits per heavy atom. The standard InChI is InChI=1S/C24H34O7/c1-15(2)11-22(27)30-10-8-20-19(12-17(5)26)23(28)18(14-25)7-9-24(20,6)13-21(31-29)16(3)4/h7-8,10-11,19-21,25,29H,3,9,12-14H2,1-2,4-6H3/b10-8+/t19-,20-,21?,24+/m0/s1. The molecule has 0 fully saturated rings. The normalized spacial score (nSPS) is 24.9. The summed E-state index contributed by atoms with van der Waals surface area (Å²) in [5.41, 5.74) is 0.958. The average molecular weight is 435 g/mol. The zero-order valence-corrected chi connectivity index (χ0v) is 19.0. The van der Waals surface area contributed by atoms with Crippen molar-refractivity contribution in [1.82, 2.24) is 0 Å². The van der Waals surface area contributed by atoms with Gasteiger partial charge in [-0.15, -0.1) is 0 Å². The smallest absolute Gasteiger partial charge is 0.335 e. The molecule has 0 heterocycles. The number of ketones is 2. The van der Waals surface area contributed by atoms with Crippen molar-refractivity contribution in [2.24, 2.45) is 17.3 Å². The van der Waals surface area contributed by atoms with E-state index in [1.807, 2.05) is 6.92 Å². The SMILES string of the molecule is C=C(C)C(C[C@@]1(C)CC=C(CO)C(=O)[C@@H](CC(C)=O)[C@@H]1/C=C/OC(=O)C=C(C)C)OO. The Kier molecular flexibility index (Phi) is 10.2. The van der Waals surface area contributed by atoms with Crippen LogP contribution in [-0.2, 0) is 24.0 Å². The number of carbonyl (C=O) groups is 3. The van der Waals surface area contributed by atoms with Gasteiger partial charge in [0.15, 0.2) is 5.78 Å². The highest BCUT2D eigenvalue weighted by molar-refractivity contribution is 6.00. The highest BCUT2D eigenvalue weighted by Crippen LogP contribution is 2.47. The van der Waals surface area contributed by atoms with Crippen molar-refractivity contribution in [3.63, 3.8) is 0 Å². The van der Waals surface area contributed by atoms with Gasteiger partial charge in [-0.1, -0.05) is 25.2 Å². The van der Waals surface area contributed by atoms with Gasteiger partial charge in [-0.25, -0.2) is 9.68 Å². The summed E-state index contributed by atoms with van der Waals surface area (Å²) in [7, 11) is 0. The predicted octanol–water partition coefficient (Wildman–Crippen LogP) is 3.94. The number of carbonyl (C=O) groups excluding carboxylic acids is 3. The summed E-state index contributed by atoms with van der Waals surface area (Å²) < 4.78 is 5.15. The Bertz CT molecular complexity index is 786. The summed E-state index contributed by atoms with van der Waals surface area (Å²) in [6.45, 7) is 12.0. The Labute approximate surface area is 184 Å². The van der Waals surface area contributed by atoms with Crippen LogP contribution in [0.15, 0.2) is 47.8 Å². The third-order valence-corrected chi connectivity index (χ3v) is 5.59. The zero-order valence-electron chi connectivity index (χ0n) is 19.0. The van der Waals surface area contributed by atoms with Crippen LogP contribution in [0.4, 0.5) is 0 Å². The second-order valence-electron chi connectivity index (χ2n) is 8.78. The summed E-state index contributed by atoms with van der Waals surface area (Å²) in [6.07, 6.45) is 5.84. The number of rotatable bonds is 10. The van der Waals surface area contributed by atoms with Gasteiger partial charge >= 0.3 is 5.97 Å². The molecule has 7 nitrogen and oxygen atoms in total. The molecule has 0 saturated carbocycles. The first kappa shape index (κ1) is 26.7. The van der Waals surface area contributed by atoms with Crippen LogP contribution in [0, 0.1) is 17.3 Å². The number of allylic oxidation sites excluding steroid dienone is 3. The van der Waals surface area contributed by atoms with Gasteiger partial charge in [0, 0.05) is 24.0 Å². The maximum atomic E-state index is 13.1. The van der Waals surface area contributed by atoms with Crippen LogP contribution < -0.4 is 0 Å². The first-order chi connectivity index (χ1) is 14.4. The Balaban J connectivity index is 3.44. The minimum Gasteiger partial charge on any atom is -0.432 e. The molecule has 172 valence electrons. The summed E-state index contributed by atoms with van der Waals surface area (Å²) in [4.78, 5) is 41.6. The van der Waals surface area contributed by atoms with Crippen LogP contribution in [0.2, 0.25) is 0 Å². The van der Waals surface area contributed by atoms with E-state index in [4.69, 9.17) is 4.74 Å². The molecule has 2 N–H and O–H groups in total. The van der Waals surface area contributed by atoms with Gasteiger partial charge in [-0.2, -0.15) is 0 Å². The molecule has 0 saturated heterocycles. The molecule has 0 aromatic heterocycles. The minimum absolute atomic E-state index is 0.0274. The van der Waals surface area contributed by atoms with E-state index in [0.29, 0.717) is 18.4 Å². The quantitative estimate of drug-likeness (QED) is 0.134. The van der Waals surface area contributed by atoms with E-state index >= 15 is 0 Å². The Morgan fingerprint density at radius 3 is 2.45 bits per heavy atom. The predicted molar refractivity (Wildman–Crippen MR) is 117 cm³/mol. The maximum absolute atomic E-state index is 13.1. The molecular formula is C24H34O7. The third kappa shape index (κ3) is 7.69. The molecule has 0 aliphatic heterocycles. The third-order valence-electron chi connectivity index (χ3n) is 5.59. The van der Waals surface area contributed by atoms with Crippen molar-refractivity contribution >= 4 is 17.5 Å². The molecule has 0 radical (unpaired) electrons. The number of aliphatic hydroxyl groups excluding tert-OH is 1. The van der Waals surface area contributed by atoms with Crippen molar-refractivity contribution in [1.29, 1.82) is 0 Å². The van der Waals surface area contributed by atoms with Crippen molar-refractivity contribution in [3.05, 3.63) is 47.8 Å². The van der Waals surface area contributed by atoms with Crippen LogP contribution >= 0.6 is 0 Å². The molecule has 0 bridgehead atoms. The summed E-state index contributed by atoms with van der Waals surface area (Å²) >= 11 is 0. The fourth-order valence-corrected chi connectivity index (χ4v) is 3.92. The van der Waals surface area contributed by atoms with Gasteiger partial charge in [0.05, 0.1) is 12.9 Å². The van der Waals surface area contributed by atoms with Crippen LogP contribution in [0.25, 0.3) is 0 Å². The highest BCUT2D eigenvalue weighted by Gasteiger charge is 2.45. The van der Waals surface area contributed by atoms with E-state index in [9.17, 15) is 24.7 Å². The molecule has 0 aromatic rings. The van der Waals surface area contributed by atoms with Crippen molar-refractivity contribution in [2.75, 3.05) is 6.61 Å².